The Balaban J connectivity index is 2.07. The van der Waals surface area contributed by atoms with Crippen LogP contribution in [0.2, 0.25) is 0 Å². The fourth-order valence-electron chi connectivity index (χ4n) is 1.23. The van der Waals surface area contributed by atoms with Gasteiger partial charge in [-0.1, -0.05) is 11.3 Å². The SMILES string of the molecule is CCOC(=O)c1nnc(C=Cc2cc(C#N)cs2)s1. The average molecular weight is 291 g/mol. The van der Waals surface area contributed by atoms with Crippen molar-refractivity contribution in [1.82, 2.24) is 10.2 Å². The molecule has 0 aliphatic heterocycles. The standard InChI is InChI=1S/C12H9N3O2S2/c1-2-17-12(16)11-15-14-10(19-11)4-3-9-5-8(6-13)7-18-9/h3-5,7H,2H2,1H3. The Morgan fingerprint density at radius 3 is 3.05 bits per heavy atom. The van der Waals surface area contributed by atoms with Gasteiger partial charge in [-0.2, -0.15) is 5.26 Å². The van der Waals surface area contributed by atoms with Crippen LogP contribution in [-0.4, -0.2) is 22.8 Å². The molecule has 0 N–H and O–H groups in total. The molecule has 0 aromatic carbocycles. The molecule has 2 rings (SSSR count). The Morgan fingerprint density at radius 2 is 2.37 bits per heavy atom. The van der Waals surface area contributed by atoms with Crippen LogP contribution in [0.5, 0.6) is 0 Å². The number of carbonyl (C=O) groups excluding carboxylic acids is 1. The first-order valence-corrected chi connectivity index (χ1v) is 7.10. The summed E-state index contributed by atoms with van der Waals surface area (Å²) in [6, 6.07) is 3.85. The van der Waals surface area contributed by atoms with E-state index in [1.165, 1.54) is 22.7 Å². The maximum atomic E-state index is 11.4. The first-order chi connectivity index (χ1) is 9.22. The minimum absolute atomic E-state index is 0.241. The molecular formula is C12H9N3O2S2. The highest BCUT2D eigenvalue weighted by atomic mass is 32.1. The Bertz CT molecular complexity index is 652. The van der Waals surface area contributed by atoms with Crippen molar-refractivity contribution in [3.05, 3.63) is 31.9 Å². The van der Waals surface area contributed by atoms with Crippen LogP contribution in [0.3, 0.4) is 0 Å². The zero-order chi connectivity index (χ0) is 13.7. The zero-order valence-corrected chi connectivity index (χ0v) is 11.6. The summed E-state index contributed by atoms with van der Waals surface area (Å²) in [6.45, 7) is 2.05. The van der Waals surface area contributed by atoms with Gasteiger partial charge >= 0.3 is 5.97 Å². The predicted octanol–water partition coefficient (Wildman–Crippen LogP) is 2.82. The maximum absolute atomic E-state index is 11.4. The molecule has 0 spiro atoms. The Labute approximate surface area is 117 Å². The molecular weight excluding hydrogens is 282 g/mol. The van der Waals surface area contributed by atoms with Gasteiger partial charge in [-0.25, -0.2) is 4.79 Å². The summed E-state index contributed by atoms with van der Waals surface area (Å²) < 4.78 is 4.83. The van der Waals surface area contributed by atoms with Crippen molar-refractivity contribution < 1.29 is 9.53 Å². The van der Waals surface area contributed by atoms with E-state index in [-0.39, 0.29) is 5.01 Å². The lowest BCUT2D eigenvalue weighted by Crippen LogP contribution is -2.03. The summed E-state index contributed by atoms with van der Waals surface area (Å²) in [7, 11) is 0. The highest BCUT2D eigenvalue weighted by molar-refractivity contribution is 7.14. The van der Waals surface area contributed by atoms with E-state index in [4.69, 9.17) is 10.00 Å². The molecule has 5 nitrogen and oxygen atoms in total. The third-order valence-corrected chi connectivity index (χ3v) is 3.80. The minimum Gasteiger partial charge on any atom is -0.461 e. The number of aromatic nitrogens is 2. The van der Waals surface area contributed by atoms with Crippen LogP contribution in [-0.2, 0) is 4.74 Å². The van der Waals surface area contributed by atoms with Crippen LogP contribution in [0.25, 0.3) is 12.2 Å². The van der Waals surface area contributed by atoms with Gasteiger partial charge < -0.3 is 4.74 Å². The molecule has 2 aromatic rings. The normalized spacial score (nSPS) is 10.5. The van der Waals surface area contributed by atoms with Gasteiger partial charge in [0.05, 0.1) is 12.2 Å². The summed E-state index contributed by atoms with van der Waals surface area (Å²) in [5.74, 6) is -0.456. The Kier molecular flexibility index (Phi) is 4.39. The first kappa shape index (κ1) is 13.4. The van der Waals surface area contributed by atoms with Gasteiger partial charge in [0, 0.05) is 10.3 Å². The summed E-state index contributed by atoms with van der Waals surface area (Å²) >= 11 is 2.64. The quantitative estimate of drug-likeness (QED) is 0.810. The first-order valence-electron chi connectivity index (χ1n) is 5.40. The third kappa shape index (κ3) is 3.47. The van der Waals surface area contributed by atoms with Crippen molar-refractivity contribution in [3.8, 4) is 6.07 Å². The van der Waals surface area contributed by atoms with Crippen molar-refractivity contribution in [1.29, 1.82) is 5.26 Å². The van der Waals surface area contributed by atoms with Crippen molar-refractivity contribution in [2.45, 2.75) is 6.92 Å². The fraction of sp³-hybridized carbons (Fsp3) is 0.167. The lowest BCUT2D eigenvalue weighted by molar-refractivity contribution is 0.0525. The maximum Gasteiger partial charge on any atom is 0.369 e. The number of hydrogen-bond donors (Lipinski definition) is 0. The number of carbonyl (C=O) groups is 1. The molecule has 0 fully saturated rings. The summed E-state index contributed by atoms with van der Waals surface area (Å²) in [6.07, 6.45) is 3.59. The number of ether oxygens (including phenoxy) is 1. The van der Waals surface area contributed by atoms with Gasteiger partial charge in [0.1, 0.15) is 11.1 Å². The third-order valence-electron chi connectivity index (χ3n) is 2.03. The molecule has 2 heterocycles. The smallest absolute Gasteiger partial charge is 0.369 e. The number of nitrogens with zero attached hydrogens (tertiary/aromatic N) is 3. The summed E-state index contributed by atoms with van der Waals surface area (Å²) in [5.41, 5.74) is 0.633. The molecule has 0 atom stereocenters. The van der Waals surface area contributed by atoms with Crippen molar-refractivity contribution in [2.24, 2.45) is 0 Å². The van der Waals surface area contributed by atoms with E-state index in [2.05, 4.69) is 16.3 Å². The molecule has 0 saturated carbocycles. The van der Waals surface area contributed by atoms with E-state index in [0.29, 0.717) is 17.2 Å². The largest absolute Gasteiger partial charge is 0.461 e. The van der Waals surface area contributed by atoms with Gasteiger partial charge in [0.15, 0.2) is 0 Å². The van der Waals surface area contributed by atoms with Crippen LogP contribution < -0.4 is 0 Å². The predicted molar refractivity (Wildman–Crippen MR) is 73.8 cm³/mol. The second kappa shape index (κ2) is 6.22. The molecule has 0 aliphatic rings. The van der Waals surface area contributed by atoms with Gasteiger partial charge in [0.2, 0.25) is 5.01 Å². The number of esters is 1. The molecule has 0 unspecified atom stereocenters. The molecule has 2 aromatic heterocycles. The van der Waals surface area contributed by atoms with Crippen LogP contribution in [0.1, 0.15) is 32.2 Å². The molecule has 0 saturated heterocycles. The van der Waals surface area contributed by atoms with E-state index in [1.807, 2.05) is 6.08 Å². The lowest BCUT2D eigenvalue weighted by Gasteiger charge is -1.93. The number of hydrogen-bond acceptors (Lipinski definition) is 7. The van der Waals surface area contributed by atoms with E-state index < -0.39 is 5.97 Å². The molecule has 19 heavy (non-hydrogen) atoms. The summed E-state index contributed by atoms with van der Waals surface area (Å²) in [4.78, 5) is 12.4. The van der Waals surface area contributed by atoms with Gasteiger partial charge in [-0.15, -0.1) is 21.5 Å². The molecule has 0 radical (unpaired) electrons. The van der Waals surface area contributed by atoms with Gasteiger partial charge in [-0.3, -0.25) is 0 Å². The van der Waals surface area contributed by atoms with E-state index in [9.17, 15) is 4.79 Å². The van der Waals surface area contributed by atoms with Crippen LogP contribution in [0.4, 0.5) is 0 Å². The number of nitriles is 1. The van der Waals surface area contributed by atoms with E-state index in [0.717, 1.165) is 4.88 Å². The van der Waals surface area contributed by atoms with Crippen molar-refractivity contribution in [3.63, 3.8) is 0 Å². The molecule has 96 valence electrons. The Morgan fingerprint density at radius 1 is 1.53 bits per heavy atom. The zero-order valence-electron chi connectivity index (χ0n) is 9.99. The lowest BCUT2D eigenvalue weighted by atomic mass is 10.3. The number of rotatable bonds is 4. The topological polar surface area (TPSA) is 75.9 Å². The van der Waals surface area contributed by atoms with Gasteiger partial charge in [0.25, 0.3) is 0 Å². The van der Waals surface area contributed by atoms with Crippen LogP contribution >= 0.6 is 22.7 Å². The second-order valence-electron chi connectivity index (χ2n) is 3.35. The van der Waals surface area contributed by atoms with Crippen molar-refractivity contribution in [2.75, 3.05) is 6.61 Å². The molecule has 7 heteroatoms. The second-order valence-corrected chi connectivity index (χ2v) is 5.30. The average Bonchev–Trinajstić information content (AvgIpc) is 3.06. The fourth-order valence-corrected chi connectivity index (χ4v) is 2.59. The highest BCUT2D eigenvalue weighted by Crippen LogP contribution is 2.18. The highest BCUT2D eigenvalue weighted by Gasteiger charge is 2.12. The van der Waals surface area contributed by atoms with Gasteiger partial charge in [-0.05, 0) is 25.1 Å². The molecule has 0 bridgehead atoms. The number of thiophene rings is 1. The minimum atomic E-state index is -0.456. The van der Waals surface area contributed by atoms with Crippen LogP contribution in [0.15, 0.2) is 11.4 Å². The van der Waals surface area contributed by atoms with Crippen LogP contribution in [0, 0.1) is 11.3 Å². The van der Waals surface area contributed by atoms with E-state index in [1.54, 1.807) is 24.4 Å². The molecule has 0 amide bonds. The van der Waals surface area contributed by atoms with Crippen molar-refractivity contribution >= 4 is 40.8 Å². The monoisotopic (exact) mass is 291 g/mol. The Hall–Kier alpha value is -2.04. The molecule has 0 aliphatic carbocycles. The van der Waals surface area contributed by atoms with E-state index >= 15 is 0 Å². The summed E-state index contributed by atoms with van der Waals surface area (Å²) in [5, 5.41) is 19.0.